The SMILES string of the molecule is C=CCN(c1cccc(C)c1)S(=O)(=O)c1ccc(F)cc1. The zero-order valence-electron chi connectivity index (χ0n) is 11.7. The summed E-state index contributed by atoms with van der Waals surface area (Å²) in [4.78, 5) is 0.0484. The molecule has 0 amide bonds. The maximum Gasteiger partial charge on any atom is 0.264 e. The van der Waals surface area contributed by atoms with Crippen LogP contribution in [0.5, 0.6) is 0 Å². The summed E-state index contributed by atoms with van der Waals surface area (Å²) in [5.41, 5.74) is 1.51. The molecule has 0 atom stereocenters. The van der Waals surface area contributed by atoms with Crippen molar-refractivity contribution in [2.45, 2.75) is 11.8 Å². The number of nitrogens with zero attached hydrogens (tertiary/aromatic N) is 1. The van der Waals surface area contributed by atoms with E-state index in [1.807, 2.05) is 13.0 Å². The molecular weight excluding hydrogens is 289 g/mol. The standard InChI is InChI=1S/C16H16FNO2S/c1-3-11-18(15-6-4-5-13(2)12-15)21(19,20)16-9-7-14(17)8-10-16/h3-10,12H,1,11H2,2H3. The van der Waals surface area contributed by atoms with Crippen molar-refractivity contribution in [1.29, 1.82) is 0 Å². The van der Waals surface area contributed by atoms with Gasteiger partial charge in [0, 0.05) is 0 Å². The van der Waals surface area contributed by atoms with Crippen LogP contribution >= 0.6 is 0 Å². The monoisotopic (exact) mass is 305 g/mol. The predicted molar refractivity (Wildman–Crippen MR) is 82.3 cm³/mol. The van der Waals surface area contributed by atoms with Crippen LogP contribution in [0.1, 0.15) is 5.56 Å². The Kier molecular flexibility index (Phi) is 4.43. The lowest BCUT2D eigenvalue weighted by Gasteiger charge is -2.23. The van der Waals surface area contributed by atoms with Gasteiger partial charge in [0.2, 0.25) is 0 Å². The molecule has 0 unspecified atom stereocenters. The van der Waals surface area contributed by atoms with Crippen molar-refractivity contribution in [3.05, 3.63) is 72.6 Å². The van der Waals surface area contributed by atoms with Gasteiger partial charge in [-0.3, -0.25) is 4.31 Å². The first-order chi connectivity index (χ1) is 9.95. The predicted octanol–water partition coefficient (Wildman–Crippen LogP) is 3.52. The van der Waals surface area contributed by atoms with Crippen LogP contribution in [-0.2, 0) is 10.0 Å². The van der Waals surface area contributed by atoms with Crippen LogP contribution in [-0.4, -0.2) is 15.0 Å². The molecule has 0 fully saturated rings. The molecule has 0 spiro atoms. The van der Waals surface area contributed by atoms with E-state index in [2.05, 4.69) is 6.58 Å². The van der Waals surface area contributed by atoms with Gasteiger partial charge in [-0.1, -0.05) is 18.2 Å². The van der Waals surface area contributed by atoms with E-state index in [0.29, 0.717) is 5.69 Å². The van der Waals surface area contributed by atoms with Crippen molar-refractivity contribution in [2.75, 3.05) is 10.8 Å². The molecule has 0 radical (unpaired) electrons. The quantitative estimate of drug-likeness (QED) is 0.793. The lowest BCUT2D eigenvalue weighted by Crippen LogP contribution is -2.31. The molecule has 0 bridgehead atoms. The van der Waals surface area contributed by atoms with Gasteiger partial charge in [0.15, 0.2) is 0 Å². The fourth-order valence-electron chi connectivity index (χ4n) is 1.98. The maximum atomic E-state index is 13.0. The van der Waals surface area contributed by atoms with Crippen molar-refractivity contribution < 1.29 is 12.8 Å². The van der Waals surface area contributed by atoms with Crippen LogP contribution in [0.3, 0.4) is 0 Å². The summed E-state index contributed by atoms with van der Waals surface area (Å²) in [5.74, 6) is -0.472. The van der Waals surface area contributed by atoms with Crippen LogP contribution in [0.15, 0.2) is 66.1 Å². The number of rotatable bonds is 5. The molecular formula is C16H16FNO2S. The minimum absolute atomic E-state index is 0.0484. The molecule has 21 heavy (non-hydrogen) atoms. The summed E-state index contributed by atoms with van der Waals surface area (Å²) < 4.78 is 39.6. The second kappa shape index (κ2) is 6.10. The average molecular weight is 305 g/mol. The Labute approximate surface area is 124 Å². The van der Waals surface area contributed by atoms with Crippen LogP contribution in [0, 0.1) is 12.7 Å². The molecule has 2 aromatic carbocycles. The Morgan fingerprint density at radius 3 is 2.43 bits per heavy atom. The topological polar surface area (TPSA) is 37.4 Å². The highest BCUT2D eigenvalue weighted by Gasteiger charge is 2.23. The number of anilines is 1. The van der Waals surface area contributed by atoms with Gasteiger partial charge in [-0.2, -0.15) is 0 Å². The first-order valence-corrected chi connectivity index (χ1v) is 7.85. The largest absolute Gasteiger partial charge is 0.264 e. The fourth-order valence-corrected chi connectivity index (χ4v) is 3.40. The molecule has 0 heterocycles. The highest BCUT2D eigenvalue weighted by molar-refractivity contribution is 7.92. The third kappa shape index (κ3) is 3.31. The van der Waals surface area contributed by atoms with Crippen LogP contribution in [0.25, 0.3) is 0 Å². The first-order valence-electron chi connectivity index (χ1n) is 6.41. The lowest BCUT2D eigenvalue weighted by molar-refractivity contribution is 0.591. The van der Waals surface area contributed by atoms with Crippen molar-refractivity contribution >= 4 is 15.7 Å². The number of halogens is 1. The molecule has 0 N–H and O–H groups in total. The van der Waals surface area contributed by atoms with Gasteiger partial charge in [0.1, 0.15) is 5.82 Å². The summed E-state index contributed by atoms with van der Waals surface area (Å²) in [6.07, 6.45) is 1.52. The van der Waals surface area contributed by atoms with Crippen molar-refractivity contribution in [1.82, 2.24) is 0 Å². The number of benzene rings is 2. The third-order valence-corrected chi connectivity index (χ3v) is 4.79. The summed E-state index contributed by atoms with van der Waals surface area (Å²) >= 11 is 0. The molecule has 110 valence electrons. The molecule has 0 aliphatic carbocycles. The highest BCUT2D eigenvalue weighted by Crippen LogP contribution is 2.24. The van der Waals surface area contributed by atoms with Gasteiger partial charge < -0.3 is 0 Å². The molecule has 2 aromatic rings. The summed E-state index contributed by atoms with van der Waals surface area (Å²) in [7, 11) is -3.75. The molecule has 3 nitrogen and oxygen atoms in total. The van der Waals surface area contributed by atoms with E-state index in [4.69, 9.17) is 0 Å². The maximum absolute atomic E-state index is 13.0. The number of hydrogen-bond acceptors (Lipinski definition) is 2. The Balaban J connectivity index is 2.50. The van der Waals surface area contributed by atoms with Gasteiger partial charge >= 0.3 is 0 Å². The minimum Gasteiger partial charge on any atom is -0.263 e. The molecule has 0 saturated heterocycles. The van der Waals surface area contributed by atoms with Gasteiger partial charge in [0.05, 0.1) is 17.1 Å². The number of sulfonamides is 1. The van der Waals surface area contributed by atoms with E-state index in [9.17, 15) is 12.8 Å². The van der Waals surface area contributed by atoms with Gasteiger partial charge in [-0.25, -0.2) is 12.8 Å². The van der Waals surface area contributed by atoms with E-state index in [0.717, 1.165) is 17.7 Å². The Morgan fingerprint density at radius 2 is 1.86 bits per heavy atom. The summed E-state index contributed by atoms with van der Waals surface area (Å²) in [6, 6.07) is 12.0. The number of aryl methyl sites for hydroxylation is 1. The van der Waals surface area contributed by atoms with Crippen molar-refractivity contribution in [2.24, 2.45) is 0 Å². The summed E-state index contributed by atoms with van der Waals surface area (Å²) in [6.45, 7) is 5.63. The second-order valence-corrected chi connectivity index (χ2v) is 6.48. The first kappa shape index (κ1) is 15.3. The van der Waals surface area contributed by atoms with Crippen LogP contribution in [0.4, 0.5) is 10.1 Å². The van der Waals surface area contributed by atoms with Crippen LogP contribution < -0.4 is 4.31 Å². The zero-order valence-corrected chi connectivity index (χ0v) is 12.5. The average Bonchev–Trinajstić information content (AvgIpc) is 2.45. The van der Waals surface area contributed by atoms with Gasteiger partial charge in [-0.15, -0.1) is 6.58 Å². The van der Waals surface area contributed by atoms with Crippen molar-refractivity contribution in [3.63, 3.8) is 0 Å². The third-order valence-electron chi connectivity index (χ3n) is 2.99. The minimum atomic E-state index is -3.75. The molecule has 0 aromatic heterocycles. The molecule has 2 rings (SSSR count). The molecule has 0 aliphatic rings. The second-order valence-electron chi connectivity index (χ2n) is 4.62. The summed E-state index contributed by atoms with van der Waals surface area (Å²) in [5, 5.41) is 0. The normalized spacial score (nSPS) is 11.1. The zero-order chi connectivity index (χ0) is 15.5. The van der Waals surface area contributed by atoms with Crippen molar-refractivity contribution in [3.8, 4) is 0 Å². The Morgan fingerprint density at radius 1 is 1.19 bits per heavy atom. The van der Waals surface area contributed by atoms with Crippen LogP contribution in [0.2, 0.25) is 0 Å². The molecule has 5 heteroatoms. The molecule has 0 aliphatic heterocycles. The Bertz CT molecular complexity index is 739. The van der Waals surface area contributed by atoms with E-state index in [1.54, 1.807) is 18.2 Å². The lowest BCUT2D eigenvalue weighted by atomic mass is 10.2. The van der Waals surface area contributed by atoms with E-state index >= 15 is 0 Å². The number of hydrogen-bond donors (Lipinski definition) is 0. The fraction of sp³-hybridized carbons (Fsp3) is 0.125. The van der Waals surface area contributed by atoms with Gasteiger partial charge in [-0.05, 0) is 48.9 Å². The van der Waals surface area contributed by atoms with E-state index in [-0.39, 0.29) is 11.4 Å². The highest BCUT2D eigenvalue weighted by atomic mass is 32.2. The van der Waals surface area contributed by atoms with E-state index in [1.165, 1.54) is 22.5 Å². The van der Waals surface area contributed by atoms with E-state index < -0.39 is 15.8 Å². The van der Waals surface area contributed by atoms with Gasteiger partial charge in [0.25, 0.3) is 10.0 Å². The molecule has 0 saturated carbocycles. The Hall–Kier alpha value is -2.14. The smallest absolute Gasteiger partial charge is 0.263 e.